The van der Waals surface area contributed by atoms with Gasteiger partial charge in [0.1, 0.15) is 22.8 Å². The molecule has 8 heteroatoms. The fourth-order valence-electron chi connectivity index (χ4n) is 4.51. The lowest BCUT2D eigenvalue weighted by Crippen LogP contribution is -2.44. The fraction of sp³-hybridized carbons (Fsp3) is 0.542. The van der Waals surface area contributed by atoms with Gasteiger partial charge in [0.25, 0.3) is 0 Å². The third-order valence-electron chi connectivity index (χ3n) is 6.04. The lowest BCUT2D eigenvalue weighted by Gasteiger charge is -2.34. The quantitative estimate of drug-likeness (QED) is 0.592. The Morgan fingerprint density at radius 3 is 2.84 bits per heavy atom. The van der Waals surface area contributed by atoms with Gasteiger partial charge in [-0.15, -0.1) is 0 Å². The number of fused-ring (bicyclic) bond motifs is 1. The topological polar surface area (TPSA) is 74.5 Å². The van der Waals surface area contributed by atoms with Crippen LogP contribution in [0, 0.1) is 0 Å². The van der Waals surface area contributed by atoms with Crippen LogP contribution in [0.3, 0.4) is 0 Å². The second-order valence-corrected chi connectivity index (χ2v) is 8.80. The van der Waals surface area contributed by atoms with Crippen LogP contribution in [0.25, 0.3) is 22.3 Å². The van der Waals surface area contributed by atoms with Crippen LogP contribution in [-0.2, 0) is 9.47 Å². The average molecular weight is 438 g/mol. The number of hydrogen-bond acceptors (Lipinski definition) is 7. The number of aromatic nitrogens is 4. The van der Waals surface area contributed by atoms with Gasteiger partial charge in [0.2, 0.25) is 0 Å². The lowest BCUT2D eigenvalue weighted by atomic mass is 10.1. The van der Waals surface area contributed by atoms with Crippen molar-refractivity contribution in [3.63, 3.8) is 0 Å². The highest BCUT2D eigenvalue weighted by Crippen LogP contribution is 2.36. The second kappa shape index (κ2) is 9.03. The number of nitrogens with zero attached hydrogens (tertiary/aromatic N) is 5. The molecule has 2 fully saturated rings. The van der Waals surface area contributed by atoms with Crippen molar-refractivity contribution in [3.8, 4) is 17.1 Å². The van der Waals surface area contributed by atoms with Crippen LogP contribution < -0.4 is 9.64 Å². The van der Waals surface area contributed by atoms with E-state index in [1.165, 1.54) is 0 Å². The number of morpholine rings is 1. The summed E-state index contributed by atoms with van der Waals surface area (Å²) >= 11 is 0. The van der Waals surface area contributed by atoms with Crippen molar-refractivity contribution < 1.29 is 14.2 Å². The highest BCUT2D eigenvalue weighted by atomic mass is 16.5. The van der Waals surface area contributed by atoms with Gasteiger partial charge in [0.15, 0.2) is 6.23 Å². The Morgan fingerprint density at radius 2 is 2.06 bits per heavy atom. The van der Waals surface area contributed by atoms with Crippen molar-refractivity contribution in [1.82, 2.24) is 19.7 Å². The molecule has 1 unspecified atom stereocenters. The van der Waals surface area contributed by atoms with Gasteiger partial charge < -0.3 is 19.1 Å². The molecule has 2 aliphatic rings. The fourth-order valence-corrected chi connectivity index (χ4v) is 4.51. The van der Waals surface area contributed by atoms with E-state index in [4.69, 9.17) is 24.2 Å². The Balaban J connectivity index is 1.66. The Hall–Kier alpha value is -2.71. The van der Waals surface area contributed by atoms with Gasteiger partial charge in [-0.1, -0.05) is 0 Å². The molecule has 8 nitrogen and oxygen atoms in total. The van der Waals surface area contributed by atoms with Crippen LogP contribution in [-0.4, -0.2) is 58.3 Å². The molecule has 0 amide bonds. The van der Waals surface area contributed by atoms with E-state index in [0.717, 1.165) is 66.3 Å². The van der Waals surface area contributed by atoms with Crippen molar-refractivity contribution in [2.45, 2.75) is 58.4 Å². The summed E-state index contributed by atoms with van der Waals surface area (Å²) in [5.41, 5.74) is 2.53. The van der Waals surface area contributed by atoms with Gasteiger partial charge in [-0.3, -0.25) is 4.98 Å². The number of anilines is 1. The standard InChI is InChI=1S/C24H31N5O3/c1-16(2)32-20-14-21(28-11-13-30-15-17(28)3)27-23-18(20)7-9-25-24(23)19-8-10-26-29(19)22-6-4-5-12-31-22/h7-10,14,16-17,22H,4-6,11-13,15H2,1-3H3/t17-,22?/m1/s1. The van der Waals surface area contributed by atoms with Gasteiger partial charge >= 0.3 is 0 Å². The van der Waals surface area contributed by atoms with Crippen LogP contribution in [0.4, 0.5) is 5.82 Å². The third-order valence-corrected chi connectivity index (χ3v) is 6.04. The summed E-state index contributed by atoms with van der Waals surface area (Å²) in [6, 6.07) is 6.26. The van der Waals surface area contributed by atoms with Gasteiger partial charge in [-0.05, 0) is 52.2 Å². The SMILES string of the molecule is CC(C)Oc1cc(N2CCOC[C@H]2C)nc2c(-c3ccnn3C3CCCCO3)nccc12. The molecule has 2 saturated heterocycles. The highest BCUT2D eigenvalue weighted by Gasteiger charge is 2.25. The molecule has 3 aromatic rings. The normalized spacial score (nSPS) is 21.9. The predicted molar refractivity (Wildman–Crippen MR) is 123 cm³/mol. The third kappa shape index (κ3) is 4.04. The first-order valence-corrected chi connectivity index (χ1v) is 11.6. The average Bonchev–Trinajstić information content (AvgIpc) is 3.29. The maximum Gasteiger partial charge on any atom is 0.150 e. The Bertz CT molecular complexity index is 1080. The minimum Gasteiger partial charge on any atom is -0.490 e. The first-order valence-electron chi connectivity index (χ1n) is 11.6. The molecule has 0 bridgehead atoms. The molecule has 5 heterocycles. The molecule has 0 N–H and O–H groups in total. The number of hydrogen-bond donors (Lipinski definition) is 0. The van der Waals surface area contributed by atoms with Crippen molar-refractivity contribution in [1.29, 1.82) is 0 Å². The summed E-state index contributed by atoms with van der Waals surface area (Å²) in [5.74, 6) is 1.71. The molecule has 2 atom stereocenters. The molecular weight excluding hydrogens is 406 g/mol. The zero-order chi connectivity index (χ0) is 22.1. The van der Waals surface area contributed by atoms with E-state index < -0.39 is 0 Å². The molecule has 2 aliphatic heterocycles. The minimum absolute atomic E-state index is 0.0494. The number of ether oxygens (including phenoxy) is 3. The summed E-state index contributed by atoms with van der Waals surface area (Å²) < 4.78 is 19.8. The molecule has 170 valence electrons. The molecule has 3 aromatic heterocycles. The van der Waals surface area contributed by atoms with Gasteiger partial charge in [0, 0.05) is 37.0 Å². The van der Waals surface area contributed by atoms with Gasteiger partial charge in [0.05, 0.1) is 31.1 Å². The van der Waals surface area contributed by atoms with Gasteiger partial charge in [-0.25, -0.2) is 9.67 Å². The van der Waals surface area contributed by atoms with Crippen molar-refractivity contribution in [3.05, 3.63) is 30.6 Å². The Kier molecular flexibility index (Phi) is 5.97. The maximum atomic E-state index is 6.24. The molecule has 32 heavy (non-hydrogen) atoms. The monoisotopic (exact) mass is 437 g/mol. The van der Waals surface area contributed by atoms with E-state index in [1.54, 1.807) is 0 Å². The van der Waals surface area contributed by atoms with E-state index >= 15 is 0 Å². The Morgan fingerprint density at radius 1 is 1.16 bits per heavy atom. The molecule has 0 aromatic carbocycles. The summed E-state index contributed by atoms with van der Waals surface area (Å²) in [4.78, 5) is 12.1. The molecule has 0 radical (unpaired) electrons. The van der Waals surface area contributed by atoms with Crippen molar-refractivity contribution in [2.24, 2.45) is 0 Å². The van der Waals surface area contributed by atoms with Crippen LogP contribution in [0.1, 0.15) is 46.3 Å². The number of pyridine rings is 2. The van der Waals surface area contributed by atoms with Gasteiger partial charge in [-0.2, -0.15) is 5.10 Å². The lowest BCUT2D eigenvalue weighted by molar-refractivity contribution is -0.0383. The van der Waals surface area contributed by atoms with Crippen LogP contribution in [0.2, 0.25) is 0 Å². The van der Waals surface area contributed by atoms with Crippen LogP contribution in [0.5, 0.6) is 5.75 Å². The largest absolute Gasteiger partial charge is 0.490 e. The van der Waals surface area contributed by atoms with Crippen LogP contribution >= 0.6 is 0 Å². The molecule has 5 rings (SSSR count). The highest BCUT2D eigenvalue weighted by molar-refractivity contribution is 5.95. The van der Waals surface area contributed by atoms with E-state index in [-0.39, 0.29) is 18.4 Å². The summed E-state index contributed by atoms with van der Waals surface area (Å²) in [7, 11) is 0. The maximum absolute atomic E-state index is 6.24. The summed E-state index contributed by atoms with van der Waals surface area (Å²) in [6.07, 6.45) is 6.79. The first kappa shape index (κ1) is 21.2. The van der Waals surface area contributed by atoms with Crippen molar-refractivity contribution >= 4 is 16.7 Å². The minimum atomic E-state index is -0.0698. The van der Waals surface area contributed by atoms with E-state index in [2.05, 4.69) is 23.0 Å². The second-order valence-electron chi connectivity index (χ2n) is 8.80. The first-order chi connectivity index (χ1) is 15.6. The Labute approximate surface area is 188 Å². The molecule has 0 saturated carbocycles. The molecule has 0 spiro atoms. The van der Waals surface area contributed by atoms with E-state index in [0.29, 0.717) is 13.2 Å². The predicted octanol–water partition coefficient (Wildman–Crippen LogP) is 4.20. The van der Waals surface area contributed by atoms with Crippen LogP contribution in [0.15, 0.2) is 30.6 Å². The smallest absolute Gasteiger partial charge is 0.150 e. The zero-order valence-electron chi connectivity index (χ0n) is 19.0. The molecular formula is C24H31N5O3. The summed E-state index contributed by atoms with van der Waals surface area (Å²) in [5, 5.41) is 5.53. The molecule has 0 aliphatic carbocycles. The van der Waals surface area contributed by atoms with E-state index in [1.807, 2.05) is 43.1 Å². The van der Waals surface area contributed by atoms with E-state index in [9.17, 15) is 0 Å². The van der Waals surface area contributed by atoms with Crippen molar-refractivity contribution in [2.75, 3.05) is 31.3 Å². The number of rotatable bonds is 5. The zero-order valence-corrected chi connectivity index (χ0v) is 19.0. The summed E-state index contributed by atoms with van der Waals surface area (Å²) in [6.45, 7) is 9.18.